The number of aromatic amines is 1. The number of nitrogen functional groups attached to an aromatic ring is 3. The SMILES string of the molecule is Nc1ncnc2c1c(-c1ccc(CNC(=O)C3CCc4ccccc4O3)cc1)nn2C1CCC(O)CC1.Nc1ncnc2c1c(-c1ccc(CNC(=O)c3cccc4[nH]cnc34)cc1)nn2C1CCC(O)CC1.Nc1ncnc2c1c(-c1ccc(CNC(=O)c3cccc4ncoc34)cc1)nn2C1CCC(O)CC1. The average molecular weight is 1460 g/mol. The van der Waals surface area contributed by atoms with Crippen molar-refractivity contribution in [2.24, 2.45) is 0 Å². The first kappa shape index (κ1) is 70.7. The summed E-state index contributed by atoms with van der Waals surface area (Å²) < 4.78 is 17.1. The Kier molecular flexibility index (Phi) is 20.2. The molecule has 0 spiro atoms. The molecule has 3 aliphatic carbocycles. The van der Waals surface area contributed by atoms with E-state index < -0.39 is 6.10 Å². The third-order valence-corrected chi connectivity index (χ3v) is 21.2. The van der Waals surface area contributed by atoms with Gasteiger partial charge in [0.1, 0.15) is 70.3 Å². The minimum Gasteiger partial charge on any atom is -0.480 e. The van der Waals surface area contributed by atoms with Gasteiger partial charge < -0.3 is 62.6 Å². The first-order valence-electron chi connectivity index (χ1n) is 36.8. The normalized spacial score (nSPS) is 19.1. The Hall–Kier alpha value is -12.6. The van der Waals surface area contributed by atoms with Gasteiger partial charge in [0.05, 0.1) is 75.6 Å². The summed E-state index contributed by atoms with van der Waals surface area (Å²) in [7, 11) is 0. The van der Waals surface area contributed by atoms with E-state index in [1.165, 1.54) is 25.4 Å². The van der Waals surface area contributed by atoms with Crippen LogP contribution in [0.1, 0.15) is 145 Å². The number of carbonyl (C=O) groups is 3. The van der Waals surface area contributed by atoms with Crippen LogP contribution < -0.4 is 37.9 Å². The van der Waals surface area contributed by atoms with Crippen molar-refractivity contribution in [2.45, 2.75) is 152 Å². The maximum Gasteiger partial charge on any atom is 0.261 e. The number of carbonyl (C=O) groups excluding carboxylic acids is 3. The number of nitrogens with two attached hydrogens (primary N) is 3. The molecule has 0 radical (unpaired) electrons. The number of hydrogen-bond donors (Lipinski definition) is 10. The summed E-state index contributed by atoms with van der Waals surface area (Å²) in [5.74, 6) is 1.45. The monoisotopic (exact) mass is 1460 g/mol. The van der Waals surface area contributed by atoms with Gasteiger partial charge in [-0.2, -0.15) is 15.3 Å². The zero-order valence-electron chi connectivity index (χ0n) is 59.5. The predicted octanol–water partition coefficient (Wildman–Crippen LogP) is 10.5. The molecule has 0 saturated heterocycles. The summed E-state index contributed by atoms with van der Waals surface area (Å²) in [4.78, 5) is 75.6. The molecule has 1 atom stereocenters. The van der Waals surface area contributed by atoms with Crippen molar-refractivity contribution in [1.82, 2.24) is 90.1 Å². The predicted molar refractivity (Wildman–Crippen MR) is 410 cm³/mol. The van der Waals surface area contributed by atoms with Crippen LogP contribution in [0, 0.1) is 0 Å². The summed E-state index contributed by atoms with van der Waals surface area (Å²) in [5, 5.41) is 55.6. The van der Waals surface area contributed by atoms with Crippen molar-refractivity contribution in [3.63, 3.8) is 0 Å². The largest absolute Gasteiger partial charge is 0.480 e. The van der Waals surface area contributed by atoms with Gasteiger partial charge in [-0.3, -0.25) is 14.4 Å². The molecule has 3 saturated carbocycles. The smallest absolute Gasteiger partial charge is 0.261 e. The van der Waals surface area contributed by atoms with E-state index in [2.05, 4.69) is 60.8 Å². The Morgan fingerprint density at radius 1 is 0.459 bits per heavy atom. The number of para-hydroxylation sites is 3. The molecule has 4 aliphatic rings. The second kappa shape index (κ2) is 31.1. The fourth-order valence-corrected chi connectivity index (χ4v) is 15.2. The van der Waals surface area contributed by atoms with Gasteiger partial charge in [-0.25, -0.2) is 53.9 Å². The summed E-state index contributed by atoms with van der Waals surface area (Å²) in [6.07, 6.45) is 17.1. The first-order chi connectivity index (χ1) is 53.2. The van der Waals surface area contributed by atoms with E-state index in [0.29, 0.717) is 88.2 Å². The zero-order chi connectivity index (χ0) is 74.7. The molecule has 18 rings (SSSR count). The highest BCUT2D eigenvalue weighted by molar-refractivity contribution is 6.06. The molecule has 109 heavy (non-hydrogen) atoms. The van der Waals surface area contributed by atoms with Gasteiger partial charge >= 0.3 is 0 Å². The molecule has 3 fully saturated rings. The van der Waals surface area contributed by atoms with Crippen LogP contribution in [0.25, 0.3) is 89.0 Å². The van der Waals surface area contributed by atoms with Crippen molar-refractivity contribution in [3.8, 4) is 39.5 Å². The van der Waals surface area contributed by atoms with Gasteiger partial charge in [-0.1, -0.05) is 103 Å². The number of rotatable bonds is 15. The van der Waals surface area contributed by atoms with Crippen LogP contribution in [0.3, 0.4) is 0 Å². The van der Waals surface area contributed by atoms with Crippen molar-refractivity contribution in [2.75, 3.05) is 17.2 Å². The van der Waals surface area contributed by atoms with Crippen molar-refractivity contribution < 1.29 is 38.9 Å². The molecular weight excluding hydrogens is 1380 g/mol. The third kappa shape index (κ3) is 14.9. The Labute approximate surface area is 623 Å². The molecule has 1 unspecified atom stereocenters. The number of anilines is 3. The van der Waals surface area contributed by atoms with Crippen LogP contribution >= 0.6 is 0 Å². The summed E-state index contributed by atoms with van der Waals surface area (Å²) in [6, 6.07) is 42.7. The Bertz CT molecular complexity index is 5380. The van der Waals surface area contributed by atoms with Crippen molar-refractivity contribution in [3.05, 3.63) is 199 Å². The lowest BCUT2D eigenvalue weighted by Crippen LogP contribution is -2.40. The van der Waals surface area contributed by atoms with Crippen LogP contribution in [0.5, 0.6) is 5.75 Å². The van der Waals surface area contributed by atoms with Crippen LogP contribution in [0.4, 0.5) is 17.5 Å². The Morgan fingerprint density at radius 2 is 0.890 bits per heavy atom. The zero-order valence-corrected chi connectivity index (χ0v) is 59.5. The molecule has 14 aromatic rings. The lowest BCUT2D eigenvalue weighted by Gasteiger charge is -2.25. The number of aromatic nitrogens is 15. The molecule has 0 bridgehead atoms. The highest BCUT2D eigenvalue weighted by Crippen LogP contribution is 2.40. The number of oxazole rings is 1. The fraction of sp³-hybridized carbons (Fsp3) is 0.300. The lowest BCUT2D eigenvalue weighted by atomic mass is 9.93. The number of H-pyrrole nitrogens is 1. The molecule has 6 aromatic carbocycles. The van der Waals surface area contributed by atoms with Gasteiger partial charge in [0.2, 0.25) is 0 Å². The minimum absolute atomic E-state index is 0.106. The number of aliphatic hydroxyl groups is 3. The highest BCUT2D eigenvalue weighted by atomic mass is 16.5. The number of aliphatic hydroxyl groups excluding tert-OH is 3. The van der Waals surface area contributed by atoms with E-state index in [1.54, 1.807) is 30.6 Å². The van der Waals surface area contributed by atoms with Gasteiger partial charge in [0, 0.05) is 36.3 Å². The summed E-state index contributed by atoms with van der Waals surface area (Å²) >= 11 is 0. The molecular formula is C80H81N21O8. The second-order valence-electron chi connectivity index (χ2n) is 28.2. The second-order valence-corrected chi connectivity index (χ2v) is 28.2. The van der Waals surface area contributed by atoms with E-state index >= 15 is 0 Å². The molecule has 3 amide bonds. The number of aryl methyl sites for hydroxylation is 1. The summed E-state index contributed by atoms with van der Waals surface area (Å²) in [5.41, 5.74) is 33.4. The number of benzene rings is 6. The number of nitrogens with zero attached hydrogens (tertiary/aromatic N) is 14. The van der Waals surface area contributed by atoms with Crippen LogP contribution in [-0.4, -0.2) is 132 Å². The van der Waals surface area contributed by atoms with Gasteiger partial charge in [-0.05, 0) is 142 Å². The maximum atomic E-state index is 12.8. The van der Waals surface area contributed by atoms with E-state index in [9.17, 15) is 29.7 Å². The van der Waals surface area contributed by atoms with Crippen molar-refractivity contribution >= 4 is 90.4 Å². The van der Waals surface area contributed by atoms with Crippen LogP contribution in [-0.2, 0) is 30.8 Å². The average Bonchev–Trinajstić information content (AvgIpc) is 1.62. The van der Waals surface area contributed by atoms with Crippen molar-refractivity contribution in [1.29, 1.82) is 0 Å². The van der Waals surface area contributed by atoms with Gasteiger partial charge in [0.15, 0.2) is 35.0 Å². The third-order valence-electron chi connectivity index (χ3n) is 21.2. The molecule has 1 aliphatic heterocycles. The molecule has 29 nitrogen and oxygen atoms in total. The van der Waals surface area contributed by atoms with E-state index in [-0.39, 0.29) is 54.2 Å². The molecule has 29 heteroatoms. The topological polar surface area (TPSA) is 421 Å². The number of nitrogens with one attached hydrogen (secondary N) is 4. The molecule has 13 N–H and O–H groups in total. The first-order valence-corrected chi connectivity index (χ1v) is 36.8. The molecule has 554 valence electrons. The standard InChI is InChI=1S/C28H30N6O3.C26H26N8O2.C26H25N7O3/c29-26-24-25(33-34(27(24)32-16-31-26)20-10-12-21(35)13-11-20)19-7-5-17(6-8-19)15-30-28(36)23-14-9-18-3-1-2-4-22(18)37-23;27-24-21-22(33-34(25(21)32-14-31-24)17-8-10-18(35)11-9-17)16-6-4-15(5-7-16)12-28-26(36)19-2-1-3-20-23(19)30-13-29-20;27-24-21-22(32-33(25(21)30-13-29-24)17-8-10-18(34)11-9-17)16-6-4-15(5-7-16)12-28-26(35)19-2-1-3-20-23(19)36-14-31-20/h1-8,16,20-21,23,35H,9-15H2,(H,30,36)(H2,29,31,32);1-7,13-14,17-18,35H,8-12H2,(H,28,36)(H,29,30)(H2,27,31,32);1-7,13-14,17-18,34H,8-12H2,(H,28,35)(H2,27,29,30). The van der Waals surface area contributed by atoms with Gasteiger partial charge in [0.25, 0.3) is 17.7 Å². The quantitative estimate of drug-likeness (QED) is 0.0456. The number of ether oxygens (including phenoxy) is 1. The molecule has 8 aromatic heterocycles. The van der Waals surface area contributed by atoms with Gasteiger partial charge in [-0.15, -0.1) is 0 Å². The Morgan fingerprint density at radius 3 is 1.37 bits per heavy atom. The van der Waals surface area contributed by atoms with E-state index in [0.717, 1.165) is 167 Å². The van der Waals surface area contributed by atoms with Crippen LogP contribution in [0.2, 0.25) is 0 Å². The number of imidazole rings is 1. The number of amides is 3. The number of hydrogen-bond acceptors (Lipinski definition) is 22. The number of fused-ring (bicyclic) bond motifs is 6. The fourth-order valence-electron chi connectivity index (χ4n) is 15.2. The Balaban J connectivity index is 0.000000124. The van der Waals surface area contributed by atoms with E-state index in [4.69, 9.17) is 41.7 Å². The summed E-state index contributed by atoms with van der Waals surface area (Å²) in [6.45, 7) is 1.14. The maximum absolute atomic E-state index is 12.8. The van der Waals surface area contributed by atoms with E-state index in [1.807, 2.05) is 123 Å². The van der Waals surface area contributed by atoms with Crippen LogP contribution in [0.15, 0.2) is 170 Å². The highest BCUT2D eigenvalue weighted by Gasteiger charge is 2.31. The lowest BCUT2D eigenvalue weighted by molar-refractivity contribution is -0.128. The molecule has 9 heterocycles. The minimum atomic E-state index is -0.478.